The fourth-order valence-electron chi connectivity index (χ4n) is 17.6. The molecular formula is C101H100N2O20SSi. The lowest BCUT2D eigenvalue weighted by molar-refractivity contribution is -0.364. The molecular weight excluding hydrogens is 1620 g/mol. The van der Waals surface area contributed by atoms with Gasteiger partial charge in [-0.2, -0.15) is 0 Å². The zero-order chi connectivity index (χ0) is 86.0. The Bertz CT molecular complexity index is 5300. The van der Waals surface area contributed by atoms with Gasteiger partial charge in [-0.05, 0) is 105 Å². The highest BCUT2D eigenvalue weighted by atomic mass is 32.2. The molecule has 0 radical (unpaired) electrons. The summed E-state index contributed by atoms with van der Waals surface area (Å²) < 4.78 is 116. The number of benzene rings is 11. The molecule has 0 N–H and O–H groups in total. The van der Waals surface area contributed by atoms with E-state index in [0.717, 1.165) is 36.9 Å². The Labute approximate surface area is 732 Å². The first-order chi connectivity index (χ1) is 61.1. The smallest absolute Gasteiger partial charge is 0.262 e. The van der Waals surface area contributed by atoms with E-state index in [0.29, 0.717) is 28.2 Å². The molecule has 0 aromatic heterocycles. The van der Waals surface area contributed by atoms with Crippen LogP contribution in [0.1, 0.15) is 108 Å². The van der Waals surface area contributed by atoms with Gasteiger partial charge in [0.05, 0.1) is 82.7 Å². The Morgan fingerprint density at radius 1 is 0.416 bits per heavy atom. The molecule has 0 bridgehead atoms. The molecule has 24 heteroatoms. The van der Waals surface area contributed by atoms with Crippen LogP contribution in [0.15, 0.2) is 309 Å². The molecule has 17 rings (SSSR count). The van der Waals surface area contributed by atoms with Gasteiger partial charge in [0.1, 0.15) is 95.8 Å². The van der Waals surface area contributed by atoms with Crippen molar-refractivity contribution >= 4 is 54.1 Å². The maximum absolute atomic E-state index is 16.3. The van der Waals surface area contributed by atoms with Crippen LogP contribution in [0, 0.1) is 0 Å². The van der Waals surface area contributed by atoms with Gasteiger partial charge < -0.3 is 75.5 Å². The van der Waals surface area contributed by atoms with Crippen molar-refractivity contribution in [2.75, 3.05) is 40.3 Å². The minimum Gasteiger partial charge on any atom is -0.497 e. The van der Waals surface area contributed by atoms with Crippen LogP contribution in [0.5, 0.6) is 17.2 Å². The Hall–Kier alpha value is -10.9. The molecule has 11 aromatic carbocycles. The fraction of sp³-hybridized carbons (Fsp3) is 0.307. The maximum Gasteiger partial charge on any atom is 0.262 e. The van der Waals surface area contributed by atoms with E-state index >= 15 is 19.2 Å². The third-order valence-corrected chi connectivity index (χ3v) is 29.6. The van der Waals surface area contributed by atoms with E-state index in [1.54, 1.807) is 87.0 Å². The molecule has 4 saturated heterocycles. The molecule has 125 heavy (non-hydrogen) atoms. The zero-order valence-corrected chi connectivity index (χ0v) is 72.0. The van der Waals surface area contributed by atoms with Crippen molar-refractivity contribution in [3.63, 3.8) is 0 Å². The lowest BCUT2D eigenvalue weighted by Crippen LogP contribution is -2.73. The first-order valence-electron chi connectivity index (χ1n) is 42.1. The van der Waals surface area contributed by atoms with E-state index in [4.69, 9.17) is 75.5 Å². The summed E-state index contributed by atoms with van der Waals surface area (Å²) in [4.78, 5) is 66.2. The zero-order valence-electron chi connectivity index (χ0n) is 70.2. The monoisotopic (exact) mass is 1720 g/mol. The summed E-state index contributed by atoms with van der Waals surface area (Å²) >= 11 is 1.43. The molecule has 22 nitrogen and oxygen atoms in total. The van der Waals surface area contributed by atoms with Crippen LogP contribution in [-0.4, -0.2) is 173 Å². The summed E-state index contributed by atoms with van der Waals surface area (Å²) in [6.07, 6.45) is -15.9. The number of imide groups is 2. The minimum absolute atomic E-state index is 0.0608. The molecule has 17 atom stereocenters. The second-order valence-corrected chi connectivity index (χ2v) is 37.7. The van der Waals surface area contributed by atoms with Gasteiger partial charge in [0, 0.05) is 11.1 Å². The van der Waals surface area contributed by atoms with Gasteiger partial charge in [0.25, 0.3) is 31.9 Å². The average molecular weight is 1720 g/mol. The van der Waals surface area contributed by atoms with Crippen molar-refractivity contribution in [1.29, 1.82) is 0 Å². The Morgan fingerprint density at radius 3 is 1.26 bits per heavy atom. The lowest BCUT2D eigenvalue weighted by atomic mass is 9.92. The minimum atomic E-state index is -3.63. The largest absolute Gasteiger partial charge is 0.497 e. The molecule has 1 unspecified atom stereocenters. The van der Waals surface area contributed by atoms with Crippen LogP contribution in [-0.2, 0) is 87.7 Å². The summed E-state index contributed by atoms with van der Waals surface area (Å²) in [5.74, 6) is -1.39. The standard InChI is InChI=1S/C101H100N2O20SSi/c1-101(2,3)125(74-42-24-12-25-43-74,75-44-26-13-27-45-75)123-90-87-82(64-114-96(119-87)69-40-22-11-23-41-69)118-100(124-6)91(90)122-97(70-50-52-71(108-4)53-51-70)120-85-80(62-110-58-65-32-14-7-15-33-65)117-99(84(89(85)113-61-68-38-20-10-21-39-68)103-94(106)78-48-30-31-49-79(78)95(103)107)121-86-81(63-111-59-66-34-16-8-17-35-66)116-98(115-73-56-54-72(109-5)55-57-73)83(88(86)112-60-67-36-18-9-19-37-67)102-92(104)76-46-28-29-47-77(76)93(102)105/h7-57,80-91,96-100H,58-64H2,1-6H3/t80-,81-,82-,83-,84-,85-,86-,87-,88-,89-,90+,91+,96-,97?,98-,99+,100-/m1/s1. The summed E-state index contributed by atoms with van der Waals surface area (Å²) in [5.41, 5.74) is 3.98. The molecule has 644 valence electrons. The maximum atomic E-state index is 16.3. The van der Waals surface area contributed by atoms with E-state index in [-0.39, 0.29) is 74.3 Å². The molecule has 0 aliphatic carbocycles. The number of fused-ring (bicyclic) bond motifs is 3. The van der Waals surface area contributed by atoms with E-state index in [1.807, 2.05) is 219 Å². The molecule has 4 amide bonds. The van der Waals surface area contributed by atoms with Gasteiger partial charge in [-0.25, -0.2) is 0 Å². The number of hydrogen-bond acceptors (Lipinski definition) is 21. The topological polar surface area (TPSA) is 222 Å². The van der Waals surface area contributed by atoms with Gasteiger partial charge >= 0.3 is 0 Å². The van der Waals surface area contributed by atoms with Gasteiger partial charge in [-0.1, -0.05) is 269 Å². The lowest BCUT2D eigenvalue weighted by Gasteiger charge is -2.54. The third-order valence-electron chi connectivity index (χ3n) is 23.7. The van der Waals surface area contributed by atoms with Crippen LogP contribution < -0.4 is 24.6 Å². The number of carbonyl (C=O) groups is 4. The number of hydrogen-bond donors (Lipinski definition) is 0. The number of nitrogens with zero attached hydrogens (tertiary/aromatic N) is 2. The summed E-state index contributed by atoms with van der Waals surface area (Å²) in [5, 5.41) is 1.43. The molecule has 0 saturated carbocycles. The molecule has 6 aliphatic rings. The number of methoxy groups -OCH3 is 2. The first kappa shape index (κ1) is 86.3. The summed E-state index contributed by atoms with van der Waals surface area (Å²) in [6, 6.07) is 92.8. The number of ether oxygens (including phenoxy) is 15. The van der Waals surface area contributed by atoms with E-state index in [1.165, 1.54) is 11.8 Å². The highest BCUT2D eigenvalue weighted by Crippen LogP contribution is 2.48. The van der Waals surface area contributed by atoms with E-state index in [9.17, 15) is 0 Å². The van der Waals surface area contributed by atoms with Gasteiger partial charge in [0.15, 0.2) is 18.9 Å². The van der Waals surface area contributed by atoms with Crippen molar-refractivity contribution in [1.82, 2.24) is 9.80 Å². The summed E-state index contributed by atoms with van der Waals surface area (Å²) in [7, 11) is -0.495. The Morgan fingerprint density at radius 2 is 0.808 bits per heavy atom. The highest BCUT2D eigenvalue weighted by molar-refractivity contribution is 7.99. The van der Waals surface area contributed by atoms with Crippen molar-refractivity contribution in [2.45, 2.75) is 156 Å². The Balaban J connectivity index is 0.852. The highest BCUT2D eigenvalue weighted by Gasteiger charge is 2.63. The quantitative estimate of drug-likeness (QED) is 0.0212. The van der Waals surface area contributed by atoms with Crippen molar-refractivity contribution in [3.8, 4) is 17.2 Å². The van der Waals surface area contributed by atoms with Crippen molar-refractivity contribution in [2.24, 2.45) is 0 Å². The van der Waals surface area contributed by atoms with Crippen LogP contribution in [0.25, 0.3) is 0 Å². The normalized spacial score (nSPS) is 25.2. The van der Waals surface area contributed by atoms with E-state index < -0.39 is 141 Å². The molecule has 11 aromatic rings. The molecule has 0 spiro atoms. The van der Waals surface area contributed by atoms with Gasteiger partial charge in [-0.15, -0.1) is 11.8 Å². The van der Waals surface area contributed by atoms with Crippen molar-refractivity contribution < 1.29 is 94.7 Å². The summed E-state index contributed by atoms with van der Waals surface area (Å²) in [6.45, 7) is 6.13. The predicted molar refractivity (Wildman–Crippen MR) is 470 cm³/mol. The molecule has 6 heterocycles. The second-order valence-electron chi connectivity index (χ2n) is 32.5. The number of thioether (sulfide) groups is 1. The first-order valence-corrected chi connectivity index (χ1v) is 45.3. The third kappa shape index (κ3) is 18.6. The number of amides is 4. The predicted octanol–water partition coefficient (Wildman–Crippen LogP) is 15.5. The van der Waals surface area contributed by atoms with Crippen LogP contribution in [0.3, 0.4) is 0 Å². The SMILES string of the molecule is COc1ccc(O[C@@H]2O[C@H](COCc3ccccc3)[C@@H](O[C@@H]3O[C@H](COCc4ccccc4)[C@@H](OC(O[C@H]4[C@@H](O[Si](c5ccccc5)(c5ccccc5)C(C)(C)C)[C@@H]5O[C@H](c6ccccc6)OC[C@H]5O[C@@H]4SC)c4ccc(OC)cc4)[C@H](OCc4ccccc4)[C@H]3N3C(=O)c4ccccc4C3=O)[C@H](OCc3ccccc3)[C@H]2N2C(=O)c3ccccc3C2=O)cc1. The van der Waals surface area contributed by atoms with Crippen LogP contribution in [0.2, 0.25) is 5.04 Å². The molecule has 4 fully saturated rings. The van der Waals surface area contributed by atoms with E-state index in [2.05, 4.69) is 45.0 Å². The Kier molecular flexibility index (Phi) is 27.2. The van der Waals surface area contributed by atoms with Crippen molar-refractivity contribution in [3.05, 3.63) is 365 Å². The van der Waals surface area contributed by atoms with Crippen LogP contribution in [0.4, 0.5) is 0 Å². The van der Waals surface area contributed by atoms with Crippen LogP contribution >= 0.6 is 11.8 Å². The molecule has 6 aliphatic heterocycles. The fourth-order valence-corrected chi connectivity index (χ4v) is 23.0. The average Bonchev–Trinajstić information content (AvgIpc) is 1.59. The number of rotatable bonds is 33. The second kappa shape index (κ2) is 39.4. The van der Waals surface area contributed by atoms with Gasteiger partial charge in [0.2, 0.25) is 6.29 Å². The van der Waals surface area contributed by atoms with Gasteiger partial charge in [-0.3, -0.25) is 29.0 Å². The number of carbonyl (C=O) groups excluding carboxylic acids is 4.